The van der Waals surface area contributed by atoms with E-state index >= 15 is 0 Å². The van der Waals surface area contributed by atoms with Gasteiger partial charge < -0.3 is 10.6 Å². The van der Waals surface area contributed by atoms with Crippen LogP contribution in [0.5, 0.6) is 0 Å². The predicted octanol–water partition coefficient (Wildman–Crippen LogP) is 1.09. The lowest BCUT2D eigenvalue weighted by Gasteiger charge is -2.14. The van der Waals surface area contributed by atoms with Crippen LogP contribution >= 0.6 is 0 Å². The number of aromatic nitrogens is 6. The maximum atomic E-state index is 13.2. The number of H-pyrrole nitrogens is 1. The number of sulfonamides is 1. The highest BCUT2D eigenvalue weighted by molar-refractivity contribution is 7.92. The van der Waals surface area contributed by atoms with Crippen molar-refractivity contribution < 1.29 is 13.2 Å². The van der Waals surface area contributed by atoms with Crippen molar-refractivity contribution in [2.75, 3.05) is 15.5 Å². The molecule has 4 rings (SSSR count). The Morgan fingerprint density at radius 1 is 1.17 bits per heavy atom. The van der Waals surface area contributed by atoms with E-state index in [1.807, 2.05) is 6.07 Å². The van der Waals surface area contributed by atoms with Crippen LogP contribution in [0.2, 0.25) is 0 Å². The van der Waals surface area contributed by atoms with Gasteiger partial charge in [0, 0.05) is 24.5 Å². The lowest BCUT2D eigenvalue weighted by Crippen LogP contribution is -2.35. The van der Waals surface area contributed by atoms with Gasteiger partial charge in [0.2, 0.25) is 11.7 Å². The van der Waals surface area contributed by atoms with Gasteiger partial charge in [-0.15, -0.1) is 10.2 Å². The van der Waals surface area contributed by atoms with E-state index in [0.717, 1.165) is 4.68 Å². The first-order chi connectivity index (χ1) is 17.2. The molecule has 1 amide bonds. The number of anilines is 2. The Hall–Kier alpha value is -5.10. The molecular weight excluding hydrogens is 488 g/mol. The fraction of sp³-hybridized carbons (Fsp3) is 0.0952. The molecule has 0 aliphatic rings. The molecule has 0 spiro atoms. The molecule has 14 nitrogen and oxygen atoms in total. The lowest BCUT2D eigenvalue weighted by atomic mass is 10.2. The van der Waals surface area contributed by atoms with E-state index in [4.69, 9.17) is 0 Å². The summed E-state index contributed by atoms with van der Waals surface area (Å²) in [6, 6.07) is 12.1. The van der Waals surface area contributed by atoms with E-state index in [1.165, 1.54) is 50.4 Å². The summed E-state index contributed by atoms with van der Waals surface area (Å²) in [6.07, 6.45) is 1.35. The third kappa shape index (κ3) is 5.03. The summed E-state index contributed by atoms with van der Waals surface area (Å²) in [5.41, 5.74) is 0.656. The Bertz CT molecular complexity index is 1690. The molecule has 36 heavy (non-hydrogen) atoms. The van der Waals surface area contributed by atoms with Crippen molar-refractivity contribution in [3.63, 3.8) is 0 Å². The molecule has 0 bridgehead atoms. The van der Waals surface area contributed by atoms with Gasteiger partial charge in [-0.3, -0.25) is 9.59 Å². The van der Waals surface area contributed by atoms with E-state index in [2.05, 4.69) is 41.1 Å². The molecule has 2 aromatic carbocycles. The van der Waals surface area contributed by atoms with Crippen molar-refractivity contribution in [2.24, 2.45) is 0 Å². The number of nitrogens with one attached hydrogen (secondary N) is 4. The first kappa shape index (κ1) is 24.0. The Morgan fingerprint density at radius 3 is 2.53 bits per heavy atom. The fourth-order valence-corrected chi connectivity index (χ4v) is 4.22. The molecule has 0 saturated carbocycles. The predicted molar refractivity (Wildman–Crippen MR) is 129 cm³/mol. The molecule has 0 saturated heterocycles. The van der Waals surface area contributed by atoms with Gasteiger partial charge in [-0.1, -0.05) is 0 Å². The first-order valence-corrected chi connectivity index (χ1v) is 11.7. The van der Waals surface area contributed by atoms with Crippen molar-refractivity contribution in [1.82, 2.24) is 30.3 Å². The second-order valence-electron chi connectivity index (χ2n) is 7.38. The number of rotatable bonds is 7. The van der Waals surface area contributed by atoms with Crippen molar-refractivity contribution in [3.8, 4) is 6.07 Å². The monoisotopic (exact) mass is 506 g/mol. The van der Waals surface area contributed by atoms with E-state index in [9.17, 15) is 23.3 Å². The number of nitrogens with zero attached hydrogens (tertiary/aromatic N) is 6. The highest BCUT2D eigenvalue weighted by Gasteiger charge is 2.18. The molecule has 2 aromatic heterocycles. The Morgan fingerprint density at radius 2 is 1.89 bits per heavy atom. The van der Waals surface area contributed by atoms with Crippen LogP contribution in [0.15, 0.2) is 58.4 Å². The summed E-state index contributed by atoms with van der Waals surface area (Å²) in [6.45, 7) is 2.82. The summed E-state index contributed by atoms with van der Waals surface area (Å²) in [5.74, 6) is -0.0865. The number of benzene rings is 2. The van der Waals surface area contributed by atoms with Crippen LogP contribution in [0.1, 0.15) is 18.6 Å². The normalized spacial score (nSPS) is 11.6. The van der Waals surface area contributed by atoms with Crippen LogP contribution in [0.4, 0.5) is 11.4 Å². The highest BCUT2D eigenvalue weighted by Crippen LogP contribution is 2.18. The second kappa shape index (κ2) is 9.64. The van der Waals surface area contributed by atoms with Gasteiger partial charge >= 0.3 is 0 Å². The molecule has 182 valence electrons. The van der Waals surface area contributed by atoms with Crippen LogP contribution in [0.3, 0.4) is 0 Å². The average Bonchev–Trinajstić information content (AvgIpc) is 3.37. The van der Waals surface area contributed by atoms with Gasteiger partial charge in [-0.25, -0.2) is 9.82 Å². The van der Waals surface area contributed by atoms with Gasteiger partial charge in [0.15, 0.2) is 0 Å². The minimum Gasteiger partial charge on any atom is -0.360 e. The summed E-state index contributed by atoms with van der Waals surface area (Å²) < 4.78 is 26.7. The number of allylic oxidation sites excluding steroid dienone is 1. The third-order valence-corrected chi connectivity index (χ3v) is 6.14. The van der Waals surface area contributed by atoms with Crippen LogP contribution in [0.25, 0.3) is 16.5 Å². The number of tetrazole rings is 1. The summed E-state index contributed by atoms with van der Waals surface area (Å²) in [7, 11) is -4.16. The molecule has 0 unspecified atom stereocenters. The highest BCUT2D eigenvalue weighted by atomic mass is 32.2. The Kier molecular flexibility index (Phi) is 6.44. The number of hydrogen-bond donors (Lipinski definition) is 4. The molecule has 0 aliphatic carbocycles. The maximum absolute atomic E-state index is 13.2. The standard InChI is InChI=1S/C21H18N10O4S/c1-12-24-19-8-5-16(23-11-14(10-22)20-26-28-29-27-20)9-18(19)21(33)31(12)30-36(34,35)17-6-3-15(4-7-17)25-13(2)32/h3-9,11,23,30H,1-2H3,(H,25,32)(H,26,27,28,29). The zero-order valence-electron chi connectivity index (χ0n) is 18.8. The SMILES string of the molecule is CC(=O)Nc1ccc(S(=O)(=O)Nn2c(C)nc3ccc(NC=C(C#N)c4nn[nH]n4)cc3c2=O)cc1. The Labute approximate surface area is 203 Å². The van der Waals surface area contributed by atoms with E-state index in [1.54, 1.807) is 12.1 Å². The molecule has 0 fully saturated rings. The lowest BCUT2D eigenvalue weighted by molar-refractivity contribution is -0.114. The minimum atomic E-state index is -4.16. The van der Waals surface area contributed by atoms with Gasteiger partial charge in [0.25, 0.3) is 15.6 Å². The molecular formula is C21H18N10O4S. The molecule has 0 atom stereocenters. The molecule has 2 heterocycles. The van der Waals surface area contributed by atoms with Crippen molar-refractivity contribution in [3.05, 3.63) is 70.7 Å². The second-order valence-corrected chi connectivity index (χ2v) is 9.04. The van der Waals surface area contributed by atoms with Gasteiger partial charge in [-0.05, 0) is 54.6 Å². The molecule has 4 aromatic rings. The van der Waals surface area contributed by atoms with Crippen LogP contribution < -0.4 is 21.0 Å². The van der Waals surface area contributed by atoms with E-state index < -0.39 is 15.6 Å². The smallest absolute Gasteiger partial charge is 0.280 e. The van der Waals surface area contributed by atoms with Crippen molar-refractivity contribution in [2.45, 2.75) is 18.7 Å². The van der Waals surface area contributed by atoms with Crippen molar-refractivity contribution in [1.29, 1.82) is 5.26 Å². The molecule has 0 radical (unpaired) electrons. The number of carbonyl (C=O) groups is 1. The maximum Gasteiger partial charge on any atom is 0.280 e. The number of amides is 1. The molecule has 0 aliphatic heterocycles. The van der Waals surface area contributed by atoms with Gasteiger partial charge in [0.05, 0.1) is 15.8 Å². The van der Waals surface area contributed by atoms with Crippen molar-refractivity contribution >= 4 is 43.8 Å². The number of carbonyl (C=O) groups excluding carboxylic acids is 1. The molecule has 15 heteroatoms. The topological polar surface area (TPSA) is 200 Å². The van der Waals surface area contributed by atoms with Crippen LogP contribution in [-0.4, -0.2) is 44.6 Å². The average molecular weight is 507 g/mol. The number of nitriles is 1. The number of fused-ring (bicyclic) bond motifs is 1. The fourth-order valence-electron chi connectivity index (χ4n) is 3.17. The minimum absolute atomic E-state index is 0.0879. The number of hydrogen-bond acceptors (Lipinski definition) is 10. The zero-order chi connectivity index (χ0) is 25.9. The zero-order valence-corrected chi connectivity index (χ0v) is 19.7. The summed E-state index contributed by atoms with van der Waals surface area (Å²) in [4.78, 5) is 30.8. The van der Waals surface area contributed by atoms with E-state index in [0.29, 0.717) is 16.9 Å². The van der Waals surface area contributed by atoms with Gasteiger partial charge in [0.1, 0.15) is 17.5 Å². The van der Waals surface area contributed by atoms with E-state index in [-0.39, 0.29) is 33.4 Å². The number of aryl methyl sites for hydroxylation is 1. The summed E-state index contributed by atoms with van der Waals surface area (Å²) in [5, 5.41) is 28.0. The molecule has 4 N–H and O–H groups in total. The summed E-state index contributed by atoms with van der Waals surface area (Å²) >= 11 is 0. The van der Waals surface area contributed by atoms with Gasteiger partial charge in [-0.2, -0.15) is 23.6 Å². The van der Waals surface area contributed by atoms with Crippen LogP contribution in [-0.2, 0) is 14.8 Å². The van der Waals surface area contributed by atoms with Crippen LogP contribution in [0, 0.1) is 18.3 Å². The quantitative estimate of drug-likeness (QED) is 0.263. The first-order valence-electron chi connectivity index (χ1n) is 10.2. The largest absolute Gasteiger partial charge is 0.360 e. The Balaban J connectivity index is 1.65. The number of aromatic amines is 1. The third-order valence-electron chi connectivity index (χ3n) is 4.82.